The number of carbonyl (C=O) groups excluding carboxylic acids is 1. The van der Waals surface area contributed by atoms with Crippen molar-refractivity contribution in [3.8, 4) is 11.8 Å². The first-order chi connectivity index (χ1) is 11.1. The van der Waals surface area contributed by atoms with Crippen molar-refractivity contribution in [2.45, 2.75) is 33.0 Å². The molecule has 0 spiro atoms. The van der Waals surface area contributed by atoms with Gasteiger partial charge in [-0.15, -0.1) is 10.2 Å². The Kier molecular flexibility index (Phi) is 3.98. The van der Waals surface area contributed by atoms with Crippen LogP contribution in [0.2, 0.25) is 0 Å². The number of rotatable bonds is 3. The van der Waals surface area contributed by atoms with Crippen molar-refractivity contribution in [3.63, 3.8) is 0 Å². The minimum absolute atomic E-state index is 0.0979. The molecule has 1 aliphatic heterocycles. The Morgan fingerprint density at radius 3 is 3.00 bits per heavy atom. The highest BCUT2D eigenvalue weighted by Gasteiger charge is 2.27. The molecule has 1 amide bonds. The van der Waals surface area contributed by atoms with E-state index >= 15 is 0 Å². The third-order valence-electron chi connectivity index (χ3n) is 3.87. The predicted octanol–water partition coefficient (Wildman–Crippen LogP) is 1.27. The lowest BCUT2D eigenvalue weighted by Gasteiger charge is -2.29. The van der Waals surface area contributed by atoms with Gasteiger partial charge in [0.15, 0.2) is 11.9 Å². The monoisotopic (exact) mass is 311 g/mol. The van der Waals surface area contributed by atoms with Crippen molar-refractivity contribution >= 4 is 5.91 Å². The number of hydrogen-bond acceptors (Lipinski definition) is 5. The van der Waals surface area contributed by atoms with E-state index in [9.17, 15) is 4.79 Å². The van der Waals surface area contributed by atoms with Gasteiger partial charge in [0.1, 0.15) is 11.6 Å². The summed E-state index contributed by atoms with van der Waals surface area (Å²) in [5.41, 5.74) is 0.503. The molecule has 0 aliphatic carbocycles. The van der Waals surface area contributed by atoms with Crippen molar-refractivity contribution in [1.29, 1.82) is 5.26 Å². The molecular weight excluding hydrogens is 294 g/mol. The van der Waals surface area contributed by atoms with Crippen LogP contribution in [0.3, 0.4) is 0 Å². The lowest BCUT2D eigenvalue weighted by atomic mass is 10.2. The maximum atomic E-state index is 12.6. The highest BCUT2D eigenvalue weighted by atomic mass is 16.5. The van der Waals surface area contributed by atoms with Gasteiger partial charge in [-0.1, -0.05) is 6.07 Å². The number of hydrogen-bond donors (Lipinski definition) is 0. The first kappa shape index (κ1) is 15.0. The molecule has 1 aliphatic rings. The molecule has 1 aromatic carbocycles. The van der Waals surface area contributed by atoms with E-state index in [1.165, 1.54) is 0 Å². The van der Waals surface area contributed by atoms with Gasteiger partial charge in [-0.3, -0.25) is 4.79 Å². The molecule has 118 valence electrons. The number of aryl methyl sites for hydroxylation is 1. The topological polar surface area (TPSA) is 84.0 Å². The fourth-order valence-electron chi connectivity index (χ4n) is 2.64. The Morgan fingerprint density at radius 1 is 1.39 bits per heavy atom. The van der Waals surface area contributed by atoms with Crippen LogP contribution in [0, 0.1) is 18.3 Å². The smallest absolute Gasteiger partial charge is 0.263 e. The number of aromatic nitrogens is 3. The van der Waals surface area contributed by atoms with Gasteiger partial charge in [0.25, 0.3) is 5.91 Å². The molecule has 0 saturated carbocycles. The van der Waals surface area contributed by atoms with Crippen LogP contribution in [0.25, 0.3) is 0 Å². The van der Waals surface area contributed by atoms with Crippen LogP contribution in [0.4, 0.5) is 0 Å². The average Bonchev–Trinajstić information content (AvgIpc) is 2.95. The fourth-order valence-corrected chi connectivity index (χ4v) is 2.64. The second kappa shape index (κ2) is 6.08. The average molecular weight is 311 g/mol. The molecule has 23 heavy (non-hydrogen) atoms. The van der Waals surface area contributed by atoms with Crippen molar-refractivity contribution in [3.05, 3.63) is 41.5 Å². The molecule has 0 fully saturated rings. The summed E-state index contributed by atoms with van der Waals surface area (Å²) in [5, 5.41) is 17.0. The fraction of sp³-hybridized carbons (Fsp3) is 0.375. The molecular formula is C16H17N5O2. The number of amides is 1. The number of nitrogens with zero attached hydrogens (tertiary/aromatic N) is 5. The molecule has 0 saturated heterocycles. The molecule has 0 unspecified atom stereocenters. The molecule has 1 aromatic heterocycles. The van der Waals surface area contributed by atoms with E-state index in [0.717, 1.165) is 11.6 Å². The lowest BCUT2D eigenvalue weighted by Crippen LogP contribution is -2.44. The van der Waals surface area contributed by atoms with E-state index in [1.54, 1.807) is 36.1 Å². The molecule has 7 nitrogen and oxygen atoms in total. The minimum atomic E-state index is -0.625. The molecule has 1 atom stereocenters. The maximum Gasteiger partial charge on any atom is 0.263 e. The minimum Gasteiger partial charge on any atom is -0.481 e. The zero-order valence-corrected chi connectivity index (χ0v) is 13.1. The first-order valence-corrected chi connectivity index (χ1v) is 7.43. The molecule has 2 heterocycles. The summed E-state index contributed by atoms with van der Waals surface area (Å²) in [5.74, 6) is 2.07. The second-order valence-electron chi connectivity index (χ2n) is 5.47. The quantitative estimate of drug-likeness (QED) is 0.852. The maximum absolute atomic E-state index is 12.6. The molecule has 7 heteroatoms. The van der Waals surface area contributed by atoms with Crippen molar-refractivity contribution in [1.82, 2.24) is 19.7 Å². The first-order valence-electron chi connectivity index (χ1n) is 7.43. The molecule has 0 N–H and O–H groups in total. The second-order valence-corrected chi connectivity index (χ2v) is 5.47. The predicted molar refractivity (Wildman–Crippen MR) is 81.4 cm³/mol. The highest BCUT2D eigenvalue weighted by Crippen LogP contribution is 2.17. The summed E-state index contributed by atoms with van der Waals surface area (Å²) in [6.07, 6.45) is -0.625. The summed E-state index contributed by atoms with van der Waals surface area (Å²) >= 11 is 0. The third kappa shape index (κ3) is 3.01. The zero-order valence-electron chi connectivity index (χ0n) is 13.1. The number of ether oxygens (including phenoxy) is 1. The van der Waals surface area contributed by atoms with Gasteiger partial charge in [-0.05, 0) is 32.0 Å². The standard InChI is InChI=1S/C16H17N5O2/c1-11(23-14-5-3-4-13(8-14)9-17)16(22)20-6-7-21-12(2)18-19-15(21)10-20/h3-5,8,11H,6-7,10H2,1-2H3/t11-/m1/s1. The Morgan fingerprint density at radius 2 is 2.22 bits per heavy atom. The van der Waals surface area contributed by atoms with Gasteiger partial charge in [0, 0.05) is 13.1 Å². The van der Waals surface area contributed by atoms with Crippen molar-refractivity contribution in [2.75, 3.05) is 6.54 Å². The Hall–Kier alpha value is -2.88. The SMILES string of the molecule is Cc1nnc2n1CCN(C(=O)[C@@H](C)Oc1cccc(C#N)c1)C2. The molecule has 0 radical (unpaired) electrons. The Bertz CT molecular complexity index is 777. The van der Waals surface area contributed by atoms with Gasteiger partial charge in [-0.2, -0.15) is 5.26 Å². The van der Waals surface area contributed by atoms with Crippen LogP contribution >= 0.6 is 0 Å². The number of fused-ring (bicyclic) bond motifs is 1. The number of carbonyl (C=O) groups is 1. The summed E-state index contributed by atoms with van der Waals surface area (Å²) in [6.45, 7) is 5.35. The molecule has 0 bridgehead atoms. The summed E-state index contributed by atoms with van der Waals surface area (Å²) in [4.78, 5) is 14.3. The van der Waals surface area contributed by atoms with Gasteiger partial charge >= 0.3 is 0 Å². The zero-order chi connectivity index (χ0) is 16.4. The van der Waals surface area contributed by atoms with Crippen molar-refractivity contribution in [2.24, 2.45) is 0 Å². The van der Waals surface area contributed by atoms with Crippen LogP contribution in [0.15, 0.2) is 24.3 Å². The number of benzene rings is 1. The summed E-state index contributed by atoms with van der Waals surface area (Å²) < 4.78 is 7.70. The normalized spacial score (nSPS) is 14.7. The highest BCUT2D eigenvalue weighted by molar-refractivity contribution is 5.81. The summed E-state index contributed by atoms with van der Waals surface area (Å²) in [7, 11) is 0. The Balaban J connectivity index is 1.67. The van der Waals surface area contributed by atoms with Crippen LogP contribution in [-0.2, 0) is 17.9 Å². The molecule has 2 aromatic rings. The van der Waals surface area contributed by atoms with Gasteiger partial charge in [0.05, 0.1) is 18.2 Å². The number of nitriles is 1. The van der Waals surface area contributed by atoms with E-state index < -0.39 is 6.10 Å². The van der Waals surface area contributed by atoms with Crippen LogP contribution in [-0.4, -0.2) is 38.2 Å². The van der Waals surface area contributed by atoms with Crippen LogP contribution < -0.4 is 4.74 Å². The Labute approximate surface area is 134 Å². The van der Waals surface area contributed by atoms with Gasteiger partial charge < -0.3 is 14.2 Å². The van der Waals surface area contributed by atoms with E-state index in [-0.39, 0.29) is 5.91 Å². The van der Waals surface area contributed by atoms with E-state index in [4.69, 9.17) is 10.00 Å². The van der Waals surface area contributed by atoms with E-state index in [0.29, 0.717) is 30.9 Å². The van der Waals surface area contributed by atoms with Gasteiger partial charge in [-0.25, -0.2) is 0 Å². The van der Waals surface area contributed by atoms with E-state index in [2.05, 4.69) is 16.3 Å². The van der Waals surface area contributed by atoms with Crippen molar-refractivity contribution < 1.29 is 9.53 Å². The third-order valence-corrected chi connectivity index (χ3v) is 3.87. The summed E-state index contributed by atoms with van der Waals surface area (Å²) in [6, 6.07) is 8.84. The lowest BCUT2D eigenvalue weighted by molar-refractivity contribution is -0.139. The van der Waals surface area contributed by atoms with Gasteiger partial charge in [0.2, 0.25) is 0 Å². The molecule has 3 rings (SSSR count). The van der Waals surface area contributed by atoms with Crippen LogP contribution in [0.1, 0.15) is 24.1 Å². The largest absolute Gasteiger partial charge is 0.481 e. The van der Waals surface area contributed by atoms with Crippen LogP contribution in [0.5, 0.6) is 5.75 Å². The van der Waals surface area contributed by atoms with E-state index in [1.807, 2.05) is 11.5 Å².